The molecule has 1 unspecified atom stereocenters. The number of halogens is 1. The summed E-state index contributed by atoms with van der Waals surface area (Å²) in [4.78, 5) is 28.2. The lowest BCUT2D eigenvalue weighted by Gasteiger charge is -2.26. The zero-order chi connectivity index (χ0) is 29.0. The molecular formula is C32H34FNO6. The van der Waals surface area contributed by atoms with Crippen LogP contribution in [0.5, 0.6) is 17.2 Å². The molecule has 1 aliphatic rings. The Morgan fingerprint density at radius 3 is 2.30 bits per heavy atom. The standard InChI is InChI=1S/C32H34FNO6/c1-6-39-27-16-22(9-14-26(27)38-5)29-28(30(35)23-10-13-25(20(4)15-23)40-18-19(2)3)31(36)32(37)34(29)17-21-7-11-24(33)12-8-21/h7-16,19,29,35H,6,17-18H2,1-5H3/b30-28-. The number of aryl methyl sites for hydroxylation is 1. The summed E-state index contributed by atoms with van der Waals surface area (Å²) in [7, 11) is 1.52. The SMILES string of the molecule is CCOc1cc(C2/C(=C(/O)c3ccc(OCC(C)C)c(C)c3)C(=O)C(=O)N2Cc2ccc(F)cc2)ccc1OC. The molecule has 0 saturated carbocycles. The predicted molar refractivity (Wildman–Crippen MR) is 150 cm³/mol. The molecule has 1 aliphatic heterocycles. The van der Waals surface area contributed by atoms with Gasteiger partial charge in [-0.2, -0.15) is 0 Å². The normalized spacial score (nSPS) is 16.5. The van der Waals surface area contributed by atoms with Crippen LogP contribution in [0.15, 0.2) is 66.2 Å². The highest BCUT2D eigenvalue weighted by Gasteiger charge is 2.46. The van der Waals surface area contributed by atoms with Gasteiger partial charge in [0.25, 0.3) is 11.7 Å². The first-order valence-corrected chi connectivity index (χ1v) is 13.2. The molecule has 0 aliphatic carbocycles. The zero-order valence-electron chi connectivity index (χ0n) is 23.4. The quantitative estimate of drug-likeness (QED) is 0.185. The third-order valence-corrected chi connectivity index (χ3v) is 6.63. The lowest BCUT2D eigenvalue weighted by Crippen LogP contribution is -2.29. The van der Waals surface area contributed by atoms with E-state index in [1.54, 1.807) is 48.5 Å². The Kier molecular flexibility index (Phi) is 8.77. The van der Waals surface area contributed by atoms with Gasteiger partial charge in [0.15, 0.2) is 11.5 Å². The van der Waals surface area contributed by atoms with Crippen LogP contribution in [-0.2, 0) is 16.1 Å². The molecule has 3 aromatic rings. The first kappa shape index (κ1) is 28.7. The predicted octanol–water partition coefficient (Wildman–Crippen LogP) is 6.20. The molecule has 4 rings (SSSR count). The van der Waals surface area contributed by atoms with E-state index < -0.39 is 23.5 Å². The fourth-order valence-corrected chi connectivity index (χ4v) is 4.68. The smallest absolute Gasteiger partial charge is 0.295 e. The number of rotatable bonds is 10. The van der Waals surface area contributed by atoms with Gasteiger partial charge in [0.05, 0.1) is 31.9 Å². The molecule has 8 heteroatoms. The Labute approximate surface area is 233 Å². The number of Topliss-reactive ketones (excluding diaryl/α,β-unsaturated/α-hetero) is 1. The van der Waals surface area contributed by atoms with Crippen LogP contribution < -0.4 is 14.2 Å². The number of amides is 1. The Bertz CT molecular complexity index is 1430. The fourth-order valence-electron chi connectivity index (χ4n) is 4.68. The molecule has 0 bridgehead atoms. The maximum absolute atomic E-state index is 13.6. The summed E-state index contributed by atoms with van der Waals surface area (Å²) < 4.78 is 30.6. The number of carbonyl (C=O) groups is 2. The molecule has 40 heavy (non-hydrogen) atoms. The fraction of sp³-hybridized carbons (Fsp3) is 0.312. The number of hydrogen-bond donors (Lipinski definition) is 1. The zero-order valence-corrected chi connectivity index (χ0v) is 23.4. The van der Waals surface area contributed by atoms with Gasteiger partial charge >= 0.3 is 0 Å². The number of hydrogen-bond acceptors (Lipinski definition) is 6. The van der Waals surface area contributed by atoms with Crippen molar-refractivity contribution >= 4 is 17.4 Å². The molecule has 3 aromatic carbocycles. The molecule has 1 saturated heterocycles. The number of nitrogens with zero attached hydrogens (tertiary/aromatic N) is 1. The molecule has 210 valence electrons. The average Bonchev–Trinajstić information content (AvgIpc) is 3.18. The van der Waals surface area contributed by atoms with E-state index in [0.717, 1.165) is 5.56 Å². The van der Waals surface area contributed by atoms with Gasteiger partial charge in [-0.3, -0.25) is 9.59 Å². The Morgan fingerprint density at radius 1 is 0.975 bits per heavy atom. The molecule has 0 spiro atoms. The second-order valence-corrected chi connectivity index (χ2v) is 10.1. The van der Waals surface area contributed by atoms with E-state index in [9.17, 15) is 19.1 Å². The number of benzene rings is 3. The third-order valence-electron chi connectivity index (χ3n) is 6.63. The van der Waals surface area contributed by atoms with Crippen LogP contribution in [0.2, 0.25) is 0 Å². The van der Waals surface area contributed by atoms with Crippen LogP contribution in [0.1, 0.15) is 49.1 Å². The van der Waals surface area contributed by atoms with Crippen LogP contribution >= 0.6 is 0 Å². The topological polar surface area (TPSA) is 85.3 Å². The van der Waals surface area contributed by atoms with Gasteiger partial charge in [-0.25, -0.2) is 4.39 Å². The van der Waals surface area contributed by atoms with E-state index >= 15 is 0 Å². The summed E-state index contributed by atoms with van der Waals surface area (Å²) in [6.07, 6.45) is 0. The monoisotopic (exact) mass is 547 g/mol. The molecule has 1 heterocycles. The van der Waals surface area contributed by atoms with E-state index in [1.807, 2.05) is 13.8 Å². The first-order valence-electron chi connectivity index (χ1n) is 13.2. The summed E-state index contributed by atoms with van der Waals surface area (Å²) in [5.74, 6) is -0.321. The highest BCUT2D eigenvalue weighted by atomic mass is 19.1. The maximum atomic E-state index is 13.6. The number of ketones is 1. The van der Waals surface area contributed by atoms with Gasteiger partial charge in [-0.15, -0.1) is 0 Å². The van der Waals surface area contributed by atoms with Crippen molar-refractivity contribution in [1.82, 2.24) is 4.90 Å². The Morgan fingerprint density at radius 2 is 1.68 bits per heavy atom. The molecule has 7 nitrogen and oxygen atoms in total. The number of likely N-dealkylation sites (tertiary alicyclic amines) is 1. The minimum Gasteiger partial charge on any atom is -0.507 e. The molecule has 1 amide bonds. The van der Waals surface area contributed by atoms with Crippen LogP contribution in [0.4, 0.5) is 4.39 Å². The highest BCUT2D eigenvalue weighted by Crippen LogP contribution is 2.43. The van der Waals surface area contributed by atoms with Gasteiger partial charge in [0.1, 0.15) is 17.3 Å². The summed E-state index contributed by atoms with van der Waals surface area (Å²) in [5, 5.41) is 11.5. The second kappa shape index (κ2) is 12.2. The number of carbonyl (C=O) groups excluding carboxylic acids is 2. The van der Waals surface area contributed by atoms with Crippen molar-refractivity contribution in [2.75, 3.05) is 20.3 Å². The third kappa shape index (κ3) is 5.96. The lowest BCUT2D eigenvalue weighted by molar-refractivity contribution is -0.140. The number of ether oxygens (including phenoxy) is 3. The molecule has 1 N–H and O–H groups in total. The van der Waals surface area contributed by atoms with Crippen LogP contribution in [0, 0.1) is 18.7 Å². The van der Waals surface area contributed by atoms with Gasteiger partial charge in [0.2, 0.25) is 0 Å². The van der Waals surface area contributed by atoms with Crippen molar-refractivity contribution in [3.8, 4) is 17.2 Å². The maximum Gasteiger partial charge on any atom is 0.295 e. The van der Waals surface area contributed by atoms with E-state index in [-0.39, 0.29) is 17.9 Å². The molecule has 1 atom stereocenters. The van der Waals surface area contributed by atoms with E-state index in [4.69, 9.17) is 14.2 Å². The van der Waals surface area contributed by atoms with Gasteiger partial charge in [-0.1, -0.05) is 32.0 Å². The van der Waals surface area contributed by atoms with E-state index in [0.29, 0.717) is 53.1 Å². The highest BCUT2D eigenvalue weighted by molar-refractivity contribution is 6.46. The second-order valence-electron chi connectivity index (χ2n) is 10.1. The van der Waals surface area contributed by atoms with Crippen LogP contribution in [-0.4, -0.2) is 42.0 Å². The number of methoxy groups -OCH3 is 1. The molecular weight excluding hydrogens is 513 g/mol. The summed E-state index contributed by atoms with van der Waals surface area (Å²) >= 11 is 0. The average molecular weight is 548 g/mol. The summed E-state index contributed by atoms with van der Waals surface area (Å²) in [5.41, 5.74) is 2.31. The van der Waals surface area contributed by atoms with E-state index in [1.165, 1.54) is 24.1 Å². The first-order chi connectivity index (χ1) is 19.1. The van der Waals surface area contributed by atoms with Crippen LogP contribution in [0.25, 0.3) is 5.76 Å². The number of aliphatic hydroxyl groups excluding tert-OH is 1. The number of aliphatic hydroxyl groups is 1. The van der Waals surface area contributed by atoms with Crippen molar-refractivity contribution < 1.29 is 33.3 Å². The van der Waals surface area contributed by atoms with Crippen molar-refractivity contribution in [1.29, 1.82) is 0 Å². The Hall–Kier alpha value is -4.33. The van der Waals surface area contributed by atoms with Gasteiger partial charge in [0, 0.05) is 12.1 Å². The summed E-state index contributed by atoms with van der Waals surface area (Å²) in [6.45, 7) is 8.75. The van der Waals surface area contributed by atoms with Crippen molar-refractivity contribution in [3.63, 3.8) is 0 Å². The minimum atomic E-state index is -0.924. The van der Waals surface area contributed by atoms with Gasteiger partial charge < -0.3 is 24.2 Å². The van der Waals surface area contributed by atoms with E-state index in [2.05, 4.69) is 13.8 Å². The van der Waals surface area contributed by atoms with Crippen molar-refractivity contribution in [3.05, 3.63) is 94.3 Å². The largest absolute Gasteiger partial charge is 0.507 e. The summed E-state index contributed by atoms with van der Waals surface area (Å²) in [6, 6.07) is 15.1. The molecule has 1 fully saturated rings. The van der Waals surface area contributed by atoms with Crippen molar-refractivity contribution in [2.24, 2.45) is 5.92 Å². The van der Waals surface area contributed by atoms with Crippen molar-refractivity contribution in [2.45, 2.75) is 40.3 Å². The molecule has 0 radical (unpaired) electrons. The minimum absolute atomic E-state index is 0.0311. The molecule has 0 aromatic heterocycles. The van der Waals surface area contributed by atoms with Gasteiger partial charge in [-0.05, 0) is 78.9 Å². The lowest BCUT2D eigenvalue weighted by atomic mass is 9.94. The van der Waals surface area contributed by atoms with Crippen LogP contribution in [0.3, 0.4) is 0 Å². The Balaban J connectivity index is 1.84.